The minimum Gasteiger partial charge on any atom is -0.458 e. The first-order valence-corrected chi connectivity index (χ1v) is 3.66. The average molecular weight is 164 g/mol. The Labute approximate surface area is 63.0 Å². The van der Waals surface area contributed by atoms with Crippen LogP contribution < -0.4 is 0 Å². The monoisotopic (exact) mass is 164 g/mol. The van der Waals surface area contributed by atoms with Crippen molar-refractivity contribution in [2.45, 2.75) is 32.2 Å². The van der Waals surface area contributed by atoms with E-state index in [0.29, 0.717) is 0 Å². The van der Waals surface area contributed by atoms with Crippen molar-refractivity contribution in [2.75, 3.05) is 0 Å². The molecule has 0 saturated heterocycles. The van der Waals surface area contributed by atoms with E-state index in [1.54, 1.807) is 20.8 Å². The zero-order chi connectivity index (χ0) is 8.36. The summed E-state index contributed by atoms with van der Waals surface area (Å²) in [6.45, 7) is 5.24. The van der Waals surface area contributed by atoms with Crippen LogP contribution in [0.5, 0.6) is 0 Å². The van der Waals surface area contributed by atoms with E-state index in [2.05, 4.69) is 0 Å². The molecule has 0 aromatic carbocycles. The molecule has 0 aliphatic rings. The van der Waals surface area contributed by atoms with Crippen molar-refractivity contribution in [3.05, 3.63) is 0 Å². The Hall–Kier alpha value is -0.140. The molecule has 0 aliphatic carbocycles. The van der Waals surface area contributed by atoms with Gasteiger partial charge in [-0.25, -0.2) is 4.79 Å². The lowest BCUT2D eigenvalue weighted by molar-refractivity contribution is -0.160. The van der Waals surface area contributed by atoms with Gasteiger partial charge in [-0.15, -0.1) is 0 Å². The molecule has 3 nitrogen and oxygen atoms in total. The summed E-state index contributed by atoms with van der Waals surface area (Å²) in [5.41, 5.74) is -0.519. The highest BCUT2D eigenvalue weighted by atomic mass is 31.0. The summed E-state index contributed by atoms with van der Waals surface area (Å²) in [7, 11) is 1.96. The van der Waals surface area contributed by atoms with Crippen molar-refractivity contribution < 1.29 is 14.6 Å². The number of hydrogen-bond donors (Lipinski definition) is 1. The normalized spacial score (nSPS) is 14.5. The molecule has 60 valence electrons. The Bertz CT molecular complexity index is 125. The lowest BCUT2D eigenvalue weighted by Crippen LogP contribution is -2.28. The quantitative estimate of drug-likeness (QED) is 0.454. The Morgan fingerprint density at radius 1 is 1.60 bits per heavy atom. The molecule has 0 saturated carbocycles. The van der Waals surface area contributed by atoms with Gasteiger partial charge < -0.3 is 9.84 Å². The van der Waals surface area contributed by atoms with Crippen LogP contribution in [-0.2, 0) is 9.53 Å². The molecule has 0 rings (SSSR count). The molecular formula is C6H13O3P. The van der Waals surface area contributed by atoms with E-state index < -0.39 is 17.4 Å². The minimum atomic E-state index is -1.11. The van der Waals surface area contributed by atoms with Crippen LogP contribution in [0.4, 0.5) is 0 Å². The fourth-order valence-electron chi connectivity index (χ4n) is 0.362. The first-order valence-electron chi connectivity index (χ1n) is 2.99. The zero-order valence-electron chi connectivity index (χ0n) is 6.42. The fourth-order valence-corrected chi connectivity index (χ4v) is 0.430. The molecule has 0 aliphatic heterocycles. The van der Waals surface area contributed by atoms with E-state index in [1.165, 1.54) is 0 Å². The molecule has 1 N–H and O–H groups in total. The van der Waals surface area contributed by atoms with Crippen LogP contribution in [0.25, 0.3) is 0 Å². The van der Waals surface area contributed by atoms with E-state index in [9.17, 15) is 4.79 Å². The van der Waals surface area contributed by atoms with Crippen LogP contribution in [0.2, 0.25) is 0 Å². The summed E-state index contributed by atoms with van der Waals surface area (Å²) in [6.07, 6.45) is 0. The number of esters is 1. The molecule has 2 atom stereocenters. The average Bonchev–Trinajstić information content (AvgIpc) is 1.60. The number of carbonyl (C=O) groups excluding carboxylic acids is 1. The Balaban J connectivity index is 3.81. The van der Waals surface area contributed by atoms with Crippen molar-refractivity contribution in [1.82, 2.24) is 0 Å². The van der Waals surface area contributed by atoms with Gasteiger partial charge in [0.25, 0.3) is 0 Å². The number of aliphatic hydroxyl groups is 1. The van der Waals surface area contributed by atoms with Gasteiger partial charge in [-0.05, 0) is 20.8 Å². The number of carbonyl (C=O) groups is 1. The molecular weight excluding hydrogens is 151 g/mol. The predicted molar refractivity (Wildman–Crippen MR) is 41.6 cm³/mol. The predicted octanol–water partition coefficient (Wildman–Crippen LogP) is 0.522. The topological polar surface area (TPSA) is 46.5 Å². The van der Waals surface area contributed by atoms with Gasteiger partial charge in [-0.1, -0.05) is 9.24 Å². The molecule has 0 spiro atoms. The van der Waals surface area contributed by atoms with Gasteiger partial charge in [-0.3, -0.25) is 0 Å². The van der Waals surface area contributed by atoms with Crippen molar-refractivity contribution in [3.8, 4) is 0 Å². The van der Waals surface area contributed by atoms with Gasteiger partial charge in [0.15, 0.2) is 5.85 Å². The summed E-state index contributed by atoms with van der Waals surface area (Å²) in [5, 5.41) is 8.67. The Morgan fingerprint density at radius 2 is 2.00 bits per heavy atom. The molecule has 0 radical (unpaired) electrons. The third-order valence-corrected chi connectivity index (χ3v) is 0.920. The van der Waals surface area contributed by atoms with E-state index in [4.69, 9.17) is 9.84 Å². The summed E-state index contributed by atoms with van der Waals surface area (Å²) >= 11 is 0. The van der Waals surface area contributed by atoms with Crippen LogP contribution in [0.15, 0.2) is 0 Å². The van der Waals surface area contributed by atoms with Crippen LogP contribution >= 0.6 is 9.24 Å². The highest BCUT2D eigenvalue weighted by molar-refractivity contribution is 7.19. The van der Waals surface area contributed by atoms with E-state index in [-0.39, 0.29) is 0 Å². The van der Waals surface area contributed by atoms with Crippen LogP contribution in [0.1, 0.15) is 20.8 Å². The Morgan fingerprint density at radius 3 is 2.10 bits per heavy atom. The molecule has 0 fully saturated rings. The maximum absolute atomic E-state index is 10.7. The second-order valence-electron chi connectivity index (χ2n) is 2.98. The van der Waals surface area contributed by atoms with Gasteiger partial charge in [0.1, 0.15) is 5.60 Å². The summed E-state index contributed by atoms with van der Waals surface area (Å²) < 4.78 is 4.79. The maximum Gasteiger partial charge on any atom is 0.339 e. The summed E-state index contributed by atoms with van der Waals surface area (Å²) in [6, 6.07) is 0. The first-order chi connectivity index (χ1) is 4.33. The molecule has 0 aromatic heterocycles. The van der Waals surface area contributed by atoms with Crippen molar-refractivity contribution in [3.63, 3.8) is 0 Å². The molecule has 1 unspecified atom stereocenters. The smallest absolute Gasteiger partial charge is 0.339 e. The van der Waals surface area contributed by atoms with E-state index in [0.717, 1.165) is 0 Å². The van der Waals surface area contributed by atoms with Crippen LogP contribution in [0, 0.1) is 0 Å². The summed E-state index contributed by atoms with van der Waals surface area (Å²) in [4.78, 5) is 10.7. The SMILES string of the molecule is CC(C)(C)OC(=O)[C@@H](O)P. The second-order valence-corrected chi connectivity index (χ2v) is 3.61. The minimum absolute atomic E-state index is 0.519. The van der Waals surface area contributed by atoms with Gasteiger partial charge in [0, 0.05) is 0 Å². The van der Waals surface area contributed by atoms with Gasteiger partial charge >= 0.3 is 5.97 Å². The zero-order valence-corrected chi connectivity index (χ0v) is 7.57. The highest BCUT2D eigenvalue weighted by Crippen LogP contribution is 2.10. The van der Waals surface area contributed by atoms with Crippen molar-refractivity contribution >= 4 is 15.2 Å². The molecule has 10 heavy (non-hydrogen) atoms. The van der Waals surface area contributed by atoms with E-state index >= 15 is 0 Å². The number of aliphatic hydroxyl groups excluding tert-OH is 1. The standard InChI is InChI=1S/C6H13O3P/c1-6(2,3)9-4(7)5(8)10/h5,8H,10H2,1-3H3/t5-/m0/s1. The van der Waals surface area contributed by atoms with Crippen LogP contribution in [-0.4, -0.2) is 22.5 Å². The molecule has 4 heteroatoms. The fraction of sp³-hybridized carbons (Fsp3) is 0.833. The highest BCUT2D eigenvalue weighted by Gasteiger charge is 2.19. The number of hydrogen-bond acceptors (Lipinski definition) is 3. The molecule has 0 heterocycles. The van der Waals surface area contributed by atoms with Gasteiger partial charge in [0.2, 0.25) is 0 Å². The molecule has 0 amide bonds. The van der Waals surface area contributed by atoms with Crippen molar-refractivity contribution in [2.24, 2.45) is 0 Å². The largest absolute Gasteiger partial charge is 0.458 e. The third kappa shape index (κ3) is 4.71. The second kappa shape index (κ2) is 3.31. The number of rotatable bonds is 1. The lowest BCUT2D eigenvalue weighted by Gasteiger charge is -2.20. The molecule has 0 bridgehead atoms. The Kier molecular flexibility index (Phi) is 3.26. The lowest BCUT2D eigenvalue weighted by atomic mass is 10.2. The van der Waals surface area contributed by atoms with E-state index in [1.807, 2.05) is 9.24 Å². The maximum atomic E-state index is 10.7. The molecule has 0 aromatic rings. The van der Waals surface area contributed by atoms with Gasteiger partial charge in [0.05, 0.1) is 0 Å². The summed E-state index contributed by atoms with van der Waals surface area (Å²) in [5.74, 6) is -1.73. The van der Waals surface area contributed by atoms with Crippen LogP contribution in [0.3, 0.4) is 0 Å². The van der Waals surface area contributed by atoms with Crippen molar-refractivity contribution in [1.29, 1.82) is 0 Å². The number of ether oxygens (including phenoxy) is 1. The third-order valence-electron chi connectivity index (χ3n) is 0.648. The van der Waals surface area contributed by atoms with Gasteiger partial charge in [-0.2, -0.15) is 0 Å². The first kappa shape index (κ1) is 9.86.